The van der Waals surface area contributed by atoms with Gasteiger partial charge in [-0.1, -0.05) is 91.0 Å². The summed E-state index contributed by atoms with van der Waals surface area (Å²) >= 11 is 0. The monoisotopic (exact) mass is 402 g/mol. The Balaban J connectivity index is 1.54. The van der Waals surface area contributed by atoms with Gasteiger partial charge in [-0.15, -0.1) is 0 Å². The summed E-state index contributed by atoms with van der Waals surface area (Å²) < 4.78 is 5.21. The Morgan fingerprint density at radius 1 is 0.733 bits per heavy atom. The summed E-state index contributed by atoms with van der Waals surface area (Å²) in [6.45, 7) is -0.266. The molecule has 2 N–H and O–H groups in total. The fourth-order valence-electron chi connectivity index (χ4n) is 2.96. The lowest BCUT2D eigenvalue weighted by Gasteiger charge is -2.17. The molecule has 0 radical (unpaired) electrons. The number of imide groups is 1. The van der Waals surface area contributed by atoms with Crippen molar-refractivity contribution in [1.82, 2.24) is 10.6 Å². The molecule has 152 valence electrons. The zero-order chi connectivity index (χ0) is 21.2. The van der Waals surface area contributed by atoms with E-state index in [0.29, 0.717) is 0 Å². The summed E-state index contributed by atoms with van der Waals surface area (Å²) in [5, 5.41) is 4.74. The van der Waals surface area contributed by atoms with Gasteiger partial charge in [-0.3, -0.25) is 14.9 Å². The molecule has 0 spiro atoms. The summed E-state index contributed by atoms with van der Waals surface area (Å²) in [6.07, 6.45) is 0. The smallest absolute Gasteiger partial charge is 0.321 e. The van der Waals surface area contributed by atoms with Crippen LogP contribution in [0.5, 0.6) is 0 Å². The number of hydrogen-bond acceptors (Lipinski definition) is 4. The standard InChI is InChI=1S/C24H22N2O4/c27-21(26-24(29)25-16-18-10-4-1-5-11-18)17-30-23(28)22(19-12-6-2-7-13-19)20-14-8-3-9-15-20/h1-15,22H,16-17H2,(H2,25,26,27,29). The Kier molecular flexibility index (Phi) is 7.33. The number of benzene rings is 3. The fourth-order valence-corrected chi connectivity index (χ4v) is 2.96. The maximum atomic E-state index is 12.7. The van der Waals surface area contributed by atoms with E-state index >= 15 is 0 Å². The Labute approximate surface area is 174 Å². The molecule has 0 aliphatic rings. The molecule has 0 saturated heterocycles. The number of nitrogens with one attached hydrogen (secondary N) is 2. The molecule has 0 heterocycles. The van der Waals surface area contributed by atoms with E-state index in [4.69, 9.17) is 4.74 Å². The van der Waals surface area contributed by atoms with Gasteiger partial charge >= 0.3 is 12.0 Å². The third-order valence-electron chi connectivity index (χ3n) is 4.40. The lowest BCUT2D eigenvalue weighted by molar-refractivity contribution is -0.148. The number of rotatable bonds is 7. The minimum atomic E-state index is -0.700. The molecule has 3 amide bonds. The van der Waals surface area contributed by atoms with E-state index in [1.165, 1.54) is 0 Å². The first-order valence-electron chi connectivity index (χ1n) is 9.51. The lowest BCUT2D eigenvalue weighted by Crippen LogP contribution is -2.41. The number of urea groups is 1. The van der Waals surface area contributed by atoms with E-state index in [-0.39, 0.29) is 6.54 Å². The van der Waals surface area contributed by atoms with Crippen LogP contribution < -0.4 is 10.6 Å². The quantitative estimate of drug-likeness (QED) is 0.594. The molecule has 0 unspecified atom stereocenters. The molecule has 0 bridgehead atoms. The average Bonchev–Trinajstić information content (AvgIpc) is 2.79. The molecule has 0 atom stereocenters. The highest BCUT2D eigenvalue weighted by atomic mass is 16.5. The second-order valence-corrected chi connectivity index (χ2v) is 6.58. The zero-order valence-electron chi connectivity index (χ0n) is 16.3. The maximum absolute atomic E-state index is 12.7. The zero-order valence-corrected chi connectivity index (χ0v) is 16.3. The van der Waals surface area contributed by atoms with E-state index in [9.17, 15) is 14.4 Å². The van der Waals surface area contributed by atoms with Gasteiger partial charge in [0.05, 0.1) is 0 Å². The number of amides is 3. The Bertz CT molecular complexity index is 936. The molecule has 30 heavy (non-hydrogen) atoms. The van der Waals surface area contributed by atoms with Crippen molar-refractivity contribution in [2.45, 2.75) is 12.5 Å². The van der Waals surface area contributed by atoms with Crippen LogP contribution in [0.25, 0.3) is 0 Å². The van der Waals surface area contributed by atoms with Gasteiger partial charge in [0.15, 0.2) is 6.61 Å². The summed E-state index contributed by atoms with van der Waals surface area (Å²) in [4.78, 5) is 36.6. The minimum absolute atomic E-state index is 0.282. The normalized spacial score (nSPS) is 10.3. The van der Waals surface area contributed by atoms with E-state index in [1.807, 2.05) is 91.0 Å². The van der Waals surface area contributed by atoms with E-state index < -0.39 is 30.4 Å². The third-order valence-corrected chi connectivity index (χ3v) is 4.40. The number of carbonyl (C=O) groups excluding carboxylic acids is 3. The van der Waals surface area contributed by atoms with Crippen LogP contribution >= 0.6 is 0 Å². The summed E-state index contributed by atoms with van der Waals surface area (Å²) in [5.74, 6) is -1.92. The number of ether oxygens (including phenoxy) is 1. The largest absolute Gasteiger partial charge is 0.455 e. The minimum Gasteiger partial charge on any atom is -0.455 e. The molecule has 3 rings (SSSR count). The highest BCUT2D eigenvalue weighted by Gasteiger charge is 2.25. The number of hydrogen-bond donors (Lipinski definition) is 2. The highest BCUT2D eigenvalue weighted by Crippen LogP contribution is 2.25. The van der Waals surface area contributed by atoms with E-state index in [0.717, 1.165) is 16.7 Å². The highest BCUT2D eigenvalue weighted by molar-refractivity contribution is 5.96. The molecule has 6 heteroatoms. The van der Waals surface area contributed by atoms with Gasteiger partial charge in [0, 0.05) is 6.54 Å². The van der Waals surface area contributed by atoms with Crippen molar-refractivity contribution in [1.29, 1.82) is 0 Å². The first-order valence-corrected chi connectivity index (χ1v) is 9.51. The summed E-state index contributed by atoms with van der Waals surface area (Å²) in [5.41, 5.74) is 2.42. The van der Waals surface area contributed by atoms with Crippen LogP contribution in [0, 0.1) is 0 Å². The molecular formula is C24H22N2O4. The Morgan fingerprint density at radius 2 is 1.23 bits per heavy atom. The fraction of sp³-hybridized carbons (Fsp3) is 0.125. The van der Waals surface area contributed by atoms with Gasteiger partial charge in [-0.05, 0) is 16.7 Å². The molecule has 0 fully saturated rings. The molecule has 0 aromatic heterocycles. The van der Waals surface area contributed by atoms with Crippen LogP contribution in [0.4, 0.5) is 4.79 Å². The van der Waals surface area contributed by atoms with Crippen LogP contribution in [-0.4, -0.2) is 24.5 Å². The van der Waals surface area contributed by atoms with Crippen molar-refractivity contribution in [3.05, 3.63) is 108 Å². The molecule has 3 aromatic rings. The number of carbonyl (C=O) groups is 3. The predicted molar refractivity (Wildman–Crippen MR) is 113 cm³/mol. The number of esters is 1. The molecule has 0 saturated carbocycles. The Hall–Kier alpha value is -3.93. The second kappa shape index (κ2) is 10.6. The topological polar surface area (TPSA) is 84.5 Å². The SMILES string of the molecule is O=C(COC(=O)C(c1ccccc1)c1ccccc1)NC(=O)NCc1ccccc1. The van der Waals surface area contributed by atoms with Crippen molar-refractivity contribution in [3.63, 3.8) is 0 Å². The van der Waals surface area contributed by atoms with Crippen molar-refractivity contribution in [2.24, 2.45) is 0 Å². The van der Waals surface area contributed by atoms with Crippen LogP contribution in [-0.2, 0) is 20.9 Å². The van der Waals surface area contributed by atoms with Gasteiger partial charge in [0.25, 0.3) is 5.91 Å². The van der Waals surface area contributed by atoms with Crippen LogP contribution in [0.2, 0.25) is 0 Å². The van der Waals surface area contributed by atoms with Crippen molar-refractivity contribution < 1.29 is 19.1 Å². The maximum Gasteiger partial charge on any atom is 0.321 e. The van der Waals surface area contributed by atoms with Gasteiger partial charge in [0.2, 0.25) is 0 Å². The van der Waals surface area contributed by atoms with Gasteiger partial charge in [0.1, 0.15) is 5.92 Å². The summed E-state index contributed by atoms with van der Waals surface area (Å²) in [7, 11) is 0. The van der Waals surface area contributed by atoms with Crippen LogP contribution in [0.15, 0.2) is 91.0 Å². The molecular weight excluding hydrogens is 380 g/mol. The van der Waals surface area contributed by atoms with Crippen LogP contribution in [0.1, 0.15) is 22.6 Å². The molecule has 0 aliphatic carbocycles. The van der Waals surface area contributed by atoms with Crippen molar-refractivity contribution >= 4 is 17.9 Å². The molecule has 0 aliphatic heterocycles. The average molecular weight is 402 g/mol. The second-order valence-electron chi connectivity index (χ2n) is 6.58. The first kappa shape index (κ1) is 20.8. The van der Waals surface area contributed by atoms with Crippen LogP contribution in [0.3, 0.4) is 0 Å². The van der Waals surface area contributed by atoms with Crippen molar-refractivity contribution in [3.8, 4) is 0 Å². The molecule has 6 nitrogen and oxygen atoms in total. The van der Waals surface area contributed by atoms with Crippen molar-refractivity contribution in [2.75, 3.05) is 6.61 Å². The van der Waals surface area contributed by atoms with Gasteiger partial charge < -0.3 is 10.1 Å². The first-order chi connectivity index (χ1) is 14.6. The summed E-state index contributed by atoms with van der Waals surface area (Å²) in [6, 6.07) is 27.0. The third kappa shape index (κ3) is 6.04. The molecule has 3 aromatic carbocycles. The van der Waals surface area contributed by atoms with Gasteiger partial charge in [-0.2, -0.15) is 0 Å². The predicted octanol–water partition coefficient (Wildman–Crippen LogP) is 3.39. The van der Waals surface area contributed by atoms with Gasteiger partial charge in [-0.25, -0.2) is 4.79 Å². The lowest BCUT2D eigenvalue weighted by atomic mass is 9.91. The Morgan fingerprint density at radius 3 is 1.77 bits per heavy atom. The van der Waals surface area contributed by atoms with E-state index in [1.54, 1.807) is 0 Å². The van der Waals surface area contributed by atoms with E-state index in [2.05, 4.69) is 10.6 Å².